The maximum absolute atomic E-state index is 12.3. The van der Waals surface area contributed by atoms with Crippen molar-refractivity contribution in [3.63, 3.8) is 0 Å². The van der Waals surface area contributed by atoms with Crippen molar-refractivity contribution < 1.29 is 63.0 Å². The summed E-state index contributed by atoms with van der Waals surface area (Å²) in [4.78, 5) is 68.5. The second-order valence-corrected chi connectivity index (χ2v) is 13.0. The molecule has 0 bridgehead atoms. The molecule has 6 N–H and O–H groups in total. The molecular weight excluding hydrogens is 694 g/mol. The molecule has 3 amide bonds. The number of ether oxygens (including phenoxy) is 4. The van der Waals surface area contributed by atoms with Gasteiger partial charge < -0.3 is 50.2 Å². The molecule has 0 aliphatic rings. The highest BCUT2D eigenvalue weighted by atomic mass is 16.5. The molecule has 0 spiro atoms. The summed E-state index contributed by atoms with van der Waals surface area (Å²) >= 11 is 0. The van der Waals surface area contributed by atoms with Crippen molar-refractivity contribution in [2.45, 2.75) is 134 Å². The minimum absolute atomic E-state index is 0.0207. The molecule has 0 rings (SSSR count). The standard InChI is InChI=1S/C37H67N3O13/c41-32(38-21-23-50-25-27-52-29-34(43)39-22-24-51-26-28-53-30-36(46)47)20-19-31(37(48)49)40-33(42)17-15-13-11-9-7-5-3-1-2-4-6-8-10-12-14-16-18-35(44)45/h31H,1-30H2,(H,38,41)(H,39,43)(H,40,42)(H,44,45)(H,46,47)(H,48,49)/t31-/m0/s1. The van der Waals surface area contributed by atoms with Crippen molar-refractivity contribution >= 4 is 35.6 Å². The predicted molar refractivity (Wildman–Crippen MR) is 196 cm³/mol. The molecule has 0 heterocycles. The Labute approximate surface area is 314 Å². The summed E-state index contributed by atoms with van der Waals surface area (Å²) in [6.45, 7) is 1.12. The maximum atomic E-state index is 12.3. The zero-order valence-electron chi connectivity index (χ0n) is 31.7. The first-order valence-electron chi connectivity index (χ1n) is 19.4. The largest absolute Gasteiger partial charge is 0.481 e. The monoisotopic (exact) mass is 761 g/mol. The molecule has 0 aliphatic carbocycles. The quantitative estimate of drug-likeness (QED) is 0.0488. The van der Waals surface area contributed by atoms with Gasteiger partial charge in [0.25, 0.3) is 0 Å². The van der Waals surface area contributed by atoms with Crippen molar-refractivity contribution in [3.8, 4) is 0 Å². The minimum atomic E-state index is -1.18. The number of rotatable bonds is 40. The summed E-state index contributed by atoms with van der Waals surface area (Å²) < 4.78 is 20.6. The van der Waals surface area contributed by atoms with Gasteiger partial charge in [-0.25, -0.2) is 9.59 Å². The van der Waals surface area contributed by atoms with E-state index < -0.39 is 23.9 Å². The molecule has 0 saturated carbocycles. The summed E-state index contributed by atoms with van der Waals surface area (Å²) in [7, 11) is 0. The van der Waals surface area contributed by atoms with Gasteiger partial charge in [-0.1, -0.05) is 89.9 Å². The Bertz CT molecular complexity index is 984. The Hall–Kier alpha value is -3.34. The third kappa shape index (κ3) is 38.2. The topological polar surface area (TPSA) is 236 Å². The van der Waals surface area contributed by atoms with Crippen LogP contribution >= 0.6 is 0 Å². The Morgan fingerprint density at radius 2 is 0.830 bits per heavy atom. The van der Waals surface area contributed by atoms with Crippen LogP contribution in [0, 0.1) is 0 Å². The number of amides is 3. The second kappa shape index (κ2) is 37.0. The molecule has 0 radical (unpaired) electrons. The van der Waals surface area contributed by atoms with Crippen molar-refractivity contribution in [1.82, 2.24) is 16.0 Å². The molecule has 0 aromatic heterocycles. The smallest absolute Gasteiger partial charge is 0.329 e. The summed E-state index contributed by atoms with van der Waals surface area (Å²) in [5.41, 5.74) is 0. The van der Waals surface area contributed by atoms with Crippen LogP contribution in [-0.2, 0) is 47.7 Å². The van der Waals surface area contributed by atoms with Gasteiger partial charge in [0, 0.05) is 32.4 Å². The van der Waals surface area contributed by atoms with Crippen molar-refractivity contribution in [2.24, 2.45) is 0 Å². The summed E-state index contributed by atoms with van der Waals surface area (Å²) in [5, 5.41) is 34.3. The molecule has 0 fully saturated rings. The Kier molecular flexibility index (Phi) is 34.7. The van der Waals surface area contributed by atoms with Crippen LogP contribution in [0.3, 0.4) is 0 Å². The summed E-state index contributed by atoms with van der Waals surface area (Å²) in [5.74, 6) is -3.94. The lowest BCUT2D eigenvalue weighted by molar-refractivity contribution is -0.143. The highest BCUT2D eigenvalue weighted by Crippen LogP contribution is 2.14. The van der Waals surface area contributed by atoms with Gasteiger partial charge in [0.2, 0.25) is 17.7 Å². The first kappa shape index (κ1) is 49.7. The fourth-order valence-corrected chi connectivity index (χ4v) is 5.26. The zero-order valence-corrected chi connectivity index (χ0v) is 31.7. The lowest BCUT2D eigenvalue weighted by atomic mass is 10.0. The SMILES string of the molecule is O=C(O)CCCCCCCCCCCCCCCCCCC(=O)N[C@@H](CCC(=O)NCCOCCOCC(=O)NCCOCCOCC(=O)O)C(=O)O. The molecule has 1 atom stereocenters. The summed E-state index contributed by atoms with van der Waals surface area (Å²) in [6, 6.07) is -1.13. The lowest BCUT2D eigenvalue weighted by Gasteiger charge is -2.14. The molecule has 0 aliphatic heterocycles. The molecule has 0 saturated heterocycles. The molecule has 53 heavy (non-hydrogen) atoms. The van der Waals surface area contributed by atoms with Crippen LogP contribution in [0.15, 0.2) is 0 Å². The zero-order chi connectivity index (χ0) is 39.2. The van der Waals surface area contributed by atoms with Crippen LogP contribution in [0.25, 0.3) is 0 Å². The van der Waals surface area contributed by atoms with Gasteiger partial charge in [-0.3, -0.25) is 19.2 Å². The summed E-state index contributed by atoms with van der Waals surface area (Å²) in [6.07, 6.45) is 18.3. The van der Waals surface area contributed by atoms with Crippen LogP contribution in [0.2, 0.25) is 0 Å². The normalized spacial score (nSPS) is 11.5. The third-order valence-corrected chi connectivity index (χ3v) is 8.18. The highest BCUT2D eigenvalue weighted by Gasteiger charge is 2.20. The second-order valence-electron chi connectivity index (χ2n) is 13.0. The molecule has 0 unspecified atom stereocenters. The lowest BCUT2D eigenvalue weighted by Crippen LogP contribution is -2.41. The van der Waals surface area contributed by atoms with E-state index in [1.54, 1.807) is 0 Å². The van der Waals surface area contributed by atoms with Crippen LogP contribution in [-0.4, -0.2) is 123 Å². The Balaban J connectivity index is 3.64. The van der Waals surface area contributed by atoms with Gasteiger partial charge in [0.1, 0.15) is 19.3 Å². The van der Waals surface area contributed by atoms with Gasteiger partial charge in [-0.2, -0.15) is 0 Å². The Morgan fingerprint density at radius 3 is 1.28 bits per heavy atom. The van der Waals surface area contributed by atoms with E-state index in [-0.39, 0.29) is 109 Å². The Morgan fingerprint density at radius 1 is 0.415 bits per heavy atom. The molecular formula is C37H67N3O13. The van der Waals surface area contributed by atoms with Crippen LogP contribution in [0.4, 0.5) is 0 Å². The number of carboxylic acid groups (broad SMARTS) is 3. The number of unbranched alkanes of at least 4 members (excludes halogenated alkanes) is 15. The van der Waals surface area contributed by atoms with E-state index in [4.69, 9.17) is 29.2 Å². The van der Waals surface area contributed by atoms with Gasteiger partial charge in [-0.15, -0.1) is 0 Å². The molecule has 0 aromatic carbocycles. The first-order chi connectivity index (χ1) is 25.6. The van der Waals surface area contributed by atoms with Crippen LogP contribution < -0.4 is 16.0 Å². The van der Waals surface area contributed by atoms with Gasteiger partial charge >= 0.3 is 17.9 Å². The van der Waals surface area contributed by atoms with Crippen molar-refractivity contribution in [1.29, 1.82) is 0 Å². The number of carbonyl (C=O) groups is 6. The predicted octanol–water partition coefficient (Wildman–Crippen LogP) is 3.83. The average molecular weight is 762 g/mol. The maximum Gasteiger partial charge on any atom is 0.329 e. The van der Waals surface area contributed by atoms with E-state index in [1.165, 1.54) is 57.8 Å². The molecule has 16 heteroatoms. The van der Waals surface area contributed by atoms with E-state index in [1.807, 2.05) is 0 Å². The van der Waals surface area contributed by atoms with Gasteiger partial charge in [-0.05, 0) is 19.3 Å². The van der Waals surface area contributed by atoms with E-state index in [9.17, 15) is 33.9 Å². The number of hydrogen-bond acceptors (Lipinski definition) is 10. The van der Waals surface area contributed by atoms with Gasteiger partial charge in [0.05, 0.1) is 39.6 Å². The van der Waals surface area contributed by atoms with Crippen molar-refractivity contribution in [3.05, 3.63) is 0 Å². The molecule has 16 nitrogen and oxygen atoms in total. The van der Waals surface area contributed by atoms with Gasteiger partial charge in [0.15, 0.2) is 0 Å². The number of aliphatic carboxylic acids is 3. The number of hydrogen-bond donors (Lipinski definition) is 6. The fourth-order valence-electron chi connectivity index (χ4n) is 5.26. The van der Waals surface area contributed by atoms with Crippen molar-refractivity contribution in [2.75, 3.05) is 65.9 Å². The first-order valence-corrected chi connectivity index (χ1v) is 19.4. The van der Waals surface area contributed by atoms with E-state index >= 15 is 0 Å². The van der Waals surface area contributed by atoms with E-state index in [0.29, 0.717) is 6.42 Å². The highest BCUT2D eigenvalue weighted by molar-refractivity contribution is 5.84. The molecule has 0 aromatic rings. The minimum Gasteiger partial charge on any atom is -0.481 e. The fraction of sp³-hybridized carbons (Fsp3) is 0.838. The third-order valence-electron chi connectivity index (χ3n) is 8.18. The van der Waals surface area contributed by atoms with Crippen LogP contribution in [0.5, 0.6) is 0 Å². The number of carboxylic acids is 3. The van der Waals surface area contributed by atoms with Crippen LogP contribution in [0.1, 0.15) is 128 Å². The average Bonchev–Trinajstić information content (AvgIpc) is 3.11. The number of nitrogens with one attached hydrogen (secondary N) is 3. The van der Waals surface area contributed by atoms with E-state index in [0.717, 1.165) is 38.5 Å². The van der Waals surface area contributed by atoms with E-state index in [2.05, 4.69) is 16.0 Å². The molecule has 308 valence electrons. The number of carbonyl (C=O) groups excluding carboxylic acids is 3.